The first-order valence-corrected chi connectivity index (χ1v) is 5.33. The Bertz CT molecular complexity index is 498. The number of benzene rings is 1. The SMILES string of the molecule is Cc1ccc(C(O)C(F)n2cncn2)c(C)c1. The summed E-state index contributed by atoms with van der Waals surface area (Å²) in [6.45, 7) is 3.80. The molecule has 2 atom stereocenters. The van der Waals surface area contributed by atoms with Gasteiger partial charge in [0.15, 0.2) is 0 Å². The van der Waals surface area contributed by atoms with E-state index in [-0.39, 0.29) is 0 Å². The van der Waals surface area contributed by atoms with E-state index in [2.05, 4.69) is 10.1 Å². The summed E-state index contributed by atoms with van der Waals surface area (Å²) in [6.07, 6.45) is -0.380. The smallest absolute Gasteiger partial charge is 0.223 e. The fraction of sp³-hybridized carbons (Fsp3) is 0.333. The molecule has 0 fully saturated rings. The highest BCUT2D eigenvalue weighted by molar-refractivity contribution is 5.32. The van der Waals surface area contributed by atoms with Crippen LogP contribution >= 0.6 is 0 Å². The molecule has 0 aliphatic rings. The van der Waals surface area contributed by atoms with Gasteiger partial charge in [-0.25, -0.2) is 14.1 Å². The van der Waals surface area contributed by atoms with Crippen LogP contribution in [0.25, 0.3) is 0 Å². The maximum Gasteiger partial charge on any atom is 0.223 e. The molecule has 0 bridgehead atoms. The van der Waals surface area contributed by atoms with Crippen LogP contribution in [0.15, 0.2) is 30.9 Å². The second kappa shape index (κ2) is 4.63. The number of hydrogen-bond donors (Lipinski definition) is 1. The molecule has 17 heavy (non-hydrogen) atoms. The minimum Gasteiger partial charge on any atom is -0.383 e. The molecule has 1 heterocycles. The lowest BCUT2D eigenvalue weighted by Crippen LogP contribution is -2.15. The largest absolute Gasteiger partial charge is 0.383 e. The van der Waals surface area contributed by atoms with E-state index in [1.54, 1.807) is 6.07 Å². The summed E-state index contributed by atoms with van der Waals surface area (Å²) in [5.74, 6) is 0. The van der Waals surface area contributed by atoms with Crippen LogP contribution < -0.4 is 0 Å². The van der Waals surface area contributed by atoms with Crippen molar-refractivity contribution >= 4 is 0 Å². The Hall–Kier alpha value is -1.75. The van der Waals surface area contributed by atoms with Crippen LogP contribution in [0.5, 0.6) is 0 Å². The van der Waals surface area contributed by atoms with Gasteiger partial charge < -0.3 is 5.11 Å². The van der Waals surface area contributed by atoms with Crippen molar-refractivity contribution in [2.24, 2.45) is 0 Å². The van der Waals surface area contributed by atoms with Crippen LogP contribution in [0.3, 0.4) is 0 Å². The molecule has 1 aromatic carbocycles. The predicted octanol–water partition coefficient (Wildman–Crippen LogP) is 2.10. The van der Waals surface area contributed by atoms with Gasteiger partial charge in [-0.1, -0.05) is 23.8 Å². The summed E-state index contributed by atoms with van der Waals surface area (Å²) < 4.78 is 14.9. The Labute approximate surface area is 98.7 Å². The first kappa shape index (κ1) is 11.7. The summed E-state index contributed by atoms with van der Waals surface area (Å²) in [4.78, 5) is 3.66. The molecular weight excluding hydrogens is 221 g/mol. The van der Waals surface area contributed by atoms with Crippen molar-refractivity contribution < 1.29 is 9.50 Å². The third-order valence-electron chi connectivity index (χ3n) is 2.69. The maximum atomic E-state index is 13.9. The van der Waals surface area contributed by atoms with Crippen molar-refractivity contribution in [1.82, 2.24) is 14.8 Å². The highest BCUT2D eigenvalue weighted by atomic mass is 19.1. The third-order valence-corrected chi connectivity index (χ3v) is 2.69. The van der Waals surface area contributed by atoms with E-state index in [9.17, 15) is 9.50 Å². The quantitative estimate of drug-likeness (QED) is 0.886. The van der Waals surface area contributed by atoms with Gasteiger partial charge in [0.05, 0.1) is 0 Å². The van der Waals surface area contributed by atoms with Gasteiger partial charge in [0, 0.05) is 0 Å². The van der Waals surface area contributed by atoms with Crippen molar-refractivity contribution in [3.8, 4) is 0 Å². The Morgan fingerprint density at radius 3 is 2.71 bits per heavy atom. The van der Waals surface area contributed by atoms with E-state index in [1.807, 2.05) is 26.0 Å². The zero-order valence-electron chi connectivity index (χ0n) is 9.71. The van der Waals surface area contributed by atoms with Crippen LogP contribution in [0.4, 0.5) is 4.39 Å². The molecule has 1 aromatic heterocycles. The number of aliphatic hydroxyl groups is 1. The lowest BCUT2D eigenvalue weighted by molar-refractivity contribution is 0.0249. The number of hydrogen-bond acceptors (Lipinski definition) is 3. The zero-order chi connectivity index (χ0) is 12.4. The molecule has 0 amide bonds. The zero-order valence-corrected chi connectivity index (χ0v) is 9.71. The van der Waals surface area contributed by atoms with E-state index in [0.717, 1.165) is 15.8 Å². The number of aromatic nitrogens is 3. The summed E-state index contributed by atoms with van der Waals surface area (Å²) in [5, 5.41) is 13.6. The molecule has 0 saturated carbocycles. The number of alkyl halides is 1. The van der Waals surface area contributed by atoms with Gasteiger partial charge in [-0.3, -0.25) is 0 Å². The van der Waals surface area contributed by atoms with Crippen molar-refractivity contribution in [3.63, 3.8) is 0 Å². The molecule has 0 aliphatic heterocycles. The van der Waals surface area contributed by atoms with Gasteiger partial charge in [0.1, 0.15) is 18.8 Å². The molecule has 0 saturated heterocycles. The molecule has 4 nitrogen and oxygen atoms in total. The fourth-order valence-electron chi connectivity index (χ4n) is 1.80. The van der Waals surface area contributed by atoms with Crippen molar-refractivity contribution in [3.05, 3.63) is 47.5 Å². The normalized spacial score (nSPS) is 14.6. The average Bonchev–Trinajstić information content (AvgIpc) is 2.80. The maximum absolute atomic E-state index is 13.9. The van der Waals surface area contributed by atoms with Gasteiger partial charge >= 0.3 is 0 Å². The number of aryl methyl sites for hydroxylation is 2. The summed E-state index contributed by atoms with van der Waals surface area (Å²) in [6, 6.07) is 5.49. The minimum absolute atomic E-state index is 0.568. The number of rotatable bonds is 3. The molecule has 2 unspecified atom stereocenters. The van der Waals surface area contributed by atoms with Gasteiger partial charge in [-0.05, 0) is 25.0 Å². The molecule has 2 rings (SSSR count). The third kappa shape index (κ3) is 2.34. The van der Waals surface area contributed by atoms with Crippen molar-refractivity contribution in [2.45, 2.75) is 26.2 Å². The highest BCUT2D eigenvalue weighted by Crippen LogP contribution is 2.29. The molecule has 90 valence electrons. The average molecular weight is 235 g/mol. The number of aliphatic hydroxyl groups excluding tert-OH is 1. The molecule has 0 aliphatic carbocycles. The van der Waals surface area contributed by atoms with Crippen molar-refractivity contribution in [1.29, 1.82) is 0 Å². The number of halogens is 1. The Morgan fingerprint density at radius 2 is 2.12 bits per heavy atom. The fourth-order valence-corrected chi connectivity index (χ4v) is 1.80. The van der Waals surface area contributed by atoms with Gasteiger partial charge in [-0.15, -0.1) is 0 Å². The number of nitrogens with zero attached hydrogens (tertiary/aromatic N) is 3. The monoisotopic (exact) mass is 235 g/mol. The van der Waals surface area contributed by atoms with E-state index in [0.29, 0.717) is 5.56 Å². The standard InChI is InChI=1S/C12H14FN3O/c1-8-3-4-10(9(2)5-8)11(17)12(13)16-7-14-6-15-16/h3-7,11-12,17H,1-2H3. The van der Waals surface area contributed by atoms with Crippen LogP contribution in [0.1, 0.15) is 29.1 Å². The Kier molecular flexibility index (Phi) is 3.19. The van der Waals surface area contributed by atoms with Gasteiger partial charge in [-0.2, -0.15) is 5.10 Å². The summed E-state index contributed by atoms with van der Waals surface area (Å²) in [5.41, 5.74) is 2.51. The van der Waals surface area contributed by atoms with Crippen LogP contribution in [0.2, 0.25) is 0 Å². The predicted molar refractivity (Wildman–Crippen MR) is 61.0 cm³/mol. The topological polar surface area (TPSA) is 50.9 Å². The molecule has 0 radical (unpaired) electrons. The Morgan fingerprint density at radius 1 is 1.35 bits per heavy atom. The van der Waals surface area contributed by atoms with E-state index in [1.165, 1.54) is 12.7 Å². The summed E-state index contributed by atoms with van der Waals surface area (Å²) >= 11 is 0. The van der Waals surface area contributed by atoms with Gasteiger partial charge in [0.25, 0.3) is 0 Å². The molecular formula is C12H14FN3O. The van der Waals surface area contributed by atoms with E-state index in [4.69, 9.17) is 0 Å². The lowest BCUT2D eigenvalue weighted by atomic mass is 10.0. The second-order valence-corrected chi connectivity index (χ2v) is 4.05. The van der Waals surface area contributed by atoms with E-state index >= 15 is 0 Å². The highest BCUT2D eigenvalue weighted by Gasteiger charge is 2.23. The Balaban J connectivity index is 2.28. The first-order chi connectivity index (χ1) is 8.09. The van der Waals surface area contributed by atoms with Gasteiger partial charge in [0.2, 0.25) is 6.30 Å². The second-order valence-electron chi connectivity index (χ2n) is 4.05. The van der Waals surface area contributed by atoms with Crippen LogP contribution in [0, 0.1) is 13.8 Å². The van der Waals surface area contributed by atoms with Crippen molar-refractivity contribution in [2.75, 3.05) is 0 Å². The van der Waals surface area contributed by atoms with Crippen LogP contribution in [-0.4, -0.2) is 19.9 Å². The molecule has 2 aromatic rings. The lowest BCUT2D eigenvalue weighted by Gasteiger charge is -2.18. The van der Waals surface area contributed by atoms with Crippen LogP contribution in [-0.2, 0) is 0 Å². The minimum atomic E-state index is -1.63. The molecule has 1 N–H and O–H groups in total. The molecule has 0 spiro atoms. The van der Waals surface area contributed by atoms with E-state index < -0.39 is 12.4 Å². The molecule has 5 heteroatoms. The summed E-state index contributed by atoms with van der Waals surface area (Å²) in [7, 11) is 0. The first-order valence-electron chi connectivity index (χ1n) is 5.33.